The summed E-state index contributed by atoms with van der Waals surface area (Å²) in [5.41, 5.74) is 5.05. The number of hydrogen-bond acceptors (Lipinski definition) is 6. The molecule has 1 aromatic heterocycles. The number of amides is 2. The summed E-state index contributed by atoms with van der Waals surface area (Å²) in [5.74, 6) is 1.53. The van der Waals surface area contributed by atoms with Crippen LogP contribution in [-0.2, 0) is 0 Å². The molecule has 0 spiro atoms. The van der Waals surface area contributed by atoms with Crippen molar-refractivity contribution in [2.45, 2.75) is 24.8 Å². The van der Waals surface area contributed by atoms with Gasteiger partial charge < -0.3 is 14.6 Å². The lowest BCUT2D eigenvalue weighted by Gasteiger charge is -2.35. The zero-order valence-electron chi connectivity index (χ0n) is 20.5. The summed E-state index contributed by atoms with van der Waals surface area (Å²) in [4.78, 5) is 20.9. The molecule has 0 fully saturated rings. The quantitative estimate of drug-likeness (QED) is 0.307. The minimum Gasteiger partial charge on any atom is -0.497 e. The molecule has 1 unspecified atom stereocenters. The van der Waals surface area contributed by atoms with E-state index < -0.39 is 6.04 Å². The highest BCUT2D eigenvalue weighted by molar-refractivity contribution is 7.98. The van der Waals surface area contributed by atoms with Crippen molar-refractivity contribution in [2.24, 2.45) is 0 Å². The van der Waals surface area contributed by atoms with E-state index in [0.29, 0.717) is 23.2 Å². The lowest BCUT2D eigenvalue weighted by Crippen LogP contribution is -2.46. The van der Waals surface area contributed by atoms with Gasteiger partial charge in [0, 0.05) is 16.2 Å². The van der Waals surface area contributed by atoms with E-state index >= 15 is 0 Å². The van der Waals surface area contributed by atoms with Crippen LogP contribution < -0.4 is 15.0 Å². The van der Waals surface area contributed by atoms with Gasteiger partial charge in [-0.1, -0.05) is 47.1 Å². The van der Waals surface area contributed by atoms with E-state index in [1.165, 1.54) is 0 Å². The molecule has 5 rings (SSSR count). The number of thioether (sulfide) groups is 1. The SMILES string of the molecule is COc1cccc(C2NC(=O)N(c3ccc(SC)cc3)C(C)=C2c2nc(-c3ccc(C)cc3)no2)c1. The summed E-state index contributed by atoms with van der Waals surface area (Å²) in [5, 5.41) is 7.39. The van der Waals surface area contributed by atoms with Crippen LogP contribution in [0.5, 0.6) is 5.75 Å². The molecule has 1 aliphatic rings. The molecule has 7 nitrogen and oxygen atoms in total. The smallest absolute Gasteiger partial charge is 0.326 e. The van der Waals surface area contributed by atoms with Crippen LogP contribution in [0.15, 0.2) is 87.9 Å². The van der Waals surface area contributed by atoms with Gasteiger partial charge in [0.1, 0.15) is 5.75 Å². The summed E-state index contributed by atoms with van der Waals surface area (Å²) < 4.78 is 11.2. The maximum absolute atomic E-state index is 13.4. The van der Waals surface area contributed by atoms with Crippen molar-refractivity contribution in [3.05, 3.63) is 95.5 Å². The predicted octanol–water partition coefficient (Wildman–Crippen LogP) is 6.48. The van der Waals surface area contributed by atoms with E-state index in [9.17, 15) is 4.79 Å². The number of urea groups is 1. The number of nitrogens with one attached hydrogen (secondary N) is 1. The summed E-state index contributed by atoms with van der Waals surface area (Å²) in [6, 6.07) is 22.7. The van der Waals surface area contributed by atoms with Gasteiger partial charge in [-0.25, -0.2) is 4.79 Å². The molecule has 182 valence electrons. The second kappa shape index (κ2) is 9.91. The van der Waals surface area contributed by atoms with Crippen LogP contribution in [0.25, 0.3) is 17.0 Å². The number of aryl methyl sites for hydroxylation is 1. The van der Waals surface area contributed by atoms with Crippen molar-refractivity contribution in [2.75, 3.05) is 18.3 Å². The van der Waals surface area contributed by atoms with E-state index in [2.05, 4.69) is 10.5 Å². The van der Waals surface area contributed by atoms with E-state index in [0.717, 1.165) is 32.8 Å². The number of nitrogens with zero attached hydrogens (tertiary/aromatic N) is 3. The maximum Gasteiger partial charge on any atom is 0.326 e. The van der Waals surface area contributed by atoms with Crippen molar-refractivity contribution < 1.29 is 14.1 Å². The summed E-state index contributed by atoms with van der Waals surface area (Å²) in [6.07, 6.45) is 2.02. The van der Waals surface area contributed by atoms with Crippen LogP contribution in [0.4, 0.5) is 10.5 Å². The van der Waals surface area contributed by atoms with Crippen LogP contribution in [0.1, 0.15) is 30.0 Å². The van der Waals surface area contributed by atoms with Crippen LogP contribution in [0, 0.1) is 6.92 Å². The first-order valence-corrected chi connectivity index (χ1v) is 12.7. The second-order valence-corrected chi connectivity index (χ2v) is 9.36. The van der Waals surface area contributed by atoms with Crippen LogP contribution in [0.2, 0.25) is 0 Å². The van der Waals surface area contributed by atoms with Gasteiger partial charge in [-0.2, -0.15) is 4.98 Å². The molecule has 2 amide bonds. The minimum atomic E-state index is -0.499. The number of hydrogen-bond donors (Lipinski definition) is 1. The van der Waals surface area contributed by atoms with Crippen molar-refractivity contribution in [1.82, 2.24) is 15.5 Å². The molecule has 1 atom stereocenters. The monoisotopic (exact) mass is 498 g/mol. The fourth-order valence-corrected chi connectivity index (χ4v) is 4.69. The number of methoxy groups -OCH3 is 1. The Morgan fingerprint density at radius 3 is 2.47 bits per heavy atom. The van der Waals surface area contributed by atoms with Gasteiger partial charge in [0.15, 0.2) is 0 Å². The maximum atomic E-state index is 13.4. The largest absolute Gasteiger partial charge is 0.497 e. The molecule has 8 heteroatoms. The number of aromatic nitrogens is 2. The number of carbonyl (C=O) groups is 1. The Morgan fingerprint density at radius 1 is 1.03 bits per heavy atom. The van der Waals surface area contributed by atoms with Gasteiger partial charge in [0.05, 0.1) is 24.4 Å². The first kappa shape index (κ1) is 23.7. The van der Waals surface area contributed by atoms with E-state index in [1.54, 1.807) is 23.8 Å². The van der Waals surface area contributed by atoms with E-state index in [-0.39, 0.29) is 6.03 Å². The molecule has 4 aromatic rings. The molecular weight excluding hydrogens is 472 g/mol. The Morgan fingerprint density at radius 2 is 1.78 bits per heavy atom. The second-order valence-electron chi connectivity index (χ2n) is 8.48. The molecule has 0 saturated carbocycles. The number of allylic oxidation sites excluding steroid dienone is 1. The molecule has 2 heterocycles. The van der Waals surface area contributed by atoms with Gasteiger partial charge in [-0.05, 0) is 62.1 Å². The Hall–Kier alpha value is -4.04. The van der Waals surface area contributed by atoms with Gasteiger partial charge in [-0.15, -0.1) is 11.8 Å². The fourth-order valence-electron chi connectivity index (χ4n) is 4.29. The normalized spacial score (nSPS) is 15.7. The van der Waals surface area contributed by atoms with Crippen LogP contribution in [-0.4, -0.2) is 29.5 Å². The molecule has 36 heavy (non-hydrogen) atoms. The number of anilines is 1. The topological polar surface area (TPSA) is 80.5 Å². The van der Waals surface area contributed by atoms with Crippen molar-refractivity contribution in [3.63, 3.8) is 0 Å². The molecule has 0 saturated heterocycles. The van der Waals surface area contributed by atoms with Gasteiger partial charge in [-0.3, -0.25) is 4.90 Å². The average molecular weight is 499 g/mol. The van der Waals surface area contributed by atoms with Crippen LogP contribution >= 0.6 is 11.8 Å². The standard InChI is InChI=1S/C28H26N4O3S/c1-17-8-10-19(11-9-17)26-30-27(35-31-26)24-18(2)32(21-12-14-23(36-4)15-13-21)28(33)29-25(24)20-6-5-7-22(16-20)34-3/h5-16,25H,1-4H3,(H,29,33). The Balaban J connectivity index is 1.64. The summed E-state index contributed by atoms with van der Waals surface area (Å²) in [6.45, 7) is 3.93. The number of carbonyl (C=O) groups excluding carboxylic acids is 1. The van der Waals surface area contributed by atoms with E-state index in [1.807, 2.05) is 92.9 Å². The highest BCUT2D eigenvalue weighted by atomic mass is 32.2. The first-order chi connectivity index (χ1) is 17.5. The lowest BCUT2D eigenvalue weighted by molar-refractivity contribution is 0.244. The van der Waals surface area contributed by atoms with E-state index in [4.69, 9.17) is 14.2 Å². The number of rotatable bonds is 6. The Bertz CT molecular complexity index is 1430. The third kappa shape index (κ3) is 4.47. The van der Waals surface area contributed by atoms with Gasteiger partial charge >= 0.3 is 6.03 Å². The molecule has 0 radical (unpaired) electrons. The lowest BCUT2D eigenvalue weighted by atomic mass is 9.94. The Kier molecular flexibility index (Phi) is 6.52. The van der Waals surface area contributed by atoms with Crippen LogP contribution in [0.3, 0.4) is 0 Å². The Labute approximate surface area is 214 Å². The van der Waals surface area contributed by atoms with Crippen molar-refractivity contribution in [1.29, 1.82) is 0 Å². The molecular formula is C28H26N4O3S. The first-order valence-electron chi connectivity index (χ1n) is 11.5. The summed E-state index contributed by atoms with van der Waals surface area (Å²) >= 11 is 1.65. The van der Waals surface area contributed by atoms with Gasteiger partial charge in [0.2, 0.25) is 5.82 Å². The number of benzene rings is 3. The fraction of sp³-hybridized carbons (Fsp3) is 0.179. The number of ether oxygens (including phenoxy) is 1. The minimum absolute atomic E-state index is 0.237. The van der Waals surface area contributed by atoms with Gasteiger partial charge in [0.25, 0.3) is 5.89 Å². The highest BCUT2D eigenvalue weighted by Gasteiger charge is 2.36. The van der Waals surface area contributed by atoms with Crippen molar-refractivity contribution >= 4 is 29.1 Å². The molecule has 0 bridgehead atoms. The molecule has 1 N–H and O–H groups in total. The average Bonchev–Trinajstić information content (AvgIpc) is 3.39. The molecule has 0 aliphatic carbocycles. The zero-order valence-corrected chi connectivity index (χ0v) is 21.3. The highest BCUT2D eigenvalue weighted by Crippen LogP contribution is 2.40. The zero-order chi connectivity index (χ0) is 25.2. The molecule has 3 aromatic carbocycles. The third-order valence-corrected chi connectivity index (χ3v) is 6.95. The summed E-state index contributed by atoms with van der Waals surface area (Å²) in [7, 11) is 1.62. The van der Waals surface area contributed by atoms with Crippen molar-refractivity contribution in [3.8, 4) is 17.1 Å². The predicted molar refractivity (Wildman–Crippen MR) is 142 cm³/mol. The molecule has 1 aliphatic heterocycles. The third-order valence-electron chi connectivity index (χ3n) is 6.21.